The van der Waals surface area contributed by atoms with Crippen molar-refractivity contribution in [3.8, 4) is 0 Å². The van der Waals surface area contributed by atoms with Gasteiger partial charge in [0.2, 0.25) is 0 Å². The van der Waals surface area contributed by atoms with E-state index in [1.165, 1.54) is 6.20 Å². The molecule has 1 aromatic rings. The number of rotatable bonds is 3. The molecule has 1 aromatic heterocycles. The number of H-pyrrole nitrogens is 1. The van der Waals surface area contributed by atoms with E-state index in [1.54, 1.807) is 6.20 Å². The van der Waals surface area contributed by atoms with E-state index in [0.29, 0.717) is 24.7 Å². The lowest BCUT2D eigenvalue weighted by Gasteiger charge is -2.36. The Morgan fingerprint density at radius 1 is 1.62 bits per heavy atom. The highest BCUT2D eigenvalue weighted by atomic mass is 35.5. The Morgan fingerprint density at radius 3 is 2.94 bits per heavy atom. The number of amides is 1. The molecule has 16 heavy (non-hydrogen) atoms. The summed E-state index contributed by atoms with van der Waals surface area (Å²) in [6, 6.07) is 0. The molecule has 0 bridgehead atoms. The molecular formula is C10H14ClN3O2. The summed E-state index contributed by atoms with van der Waals surface area (Å²) in [7, 11) is 0. The van der Waals surface area contributed by atoms with E-state index in [1.807, 2.05) is 0 Å². The van der Waals surface area contributed by atoms with Gasteiger partial charge in [0.05, 0.1) is 17.3 Å². The highest BCUT2D eigenvalue weighted by Crippen LogP contribution is 2.22. The second-order valence-corrected chi connectivity index (χ2v) is 4.23. The van der Waals surface area contributed by atoms with Crippen molar-refractivity contribution in [3.63, 3.8) is 0 Å². The van der Waals surface area contributed by atoms with Crippen molar-refractivity contribution in [2.45, 2.75) is 18.4 Å². The van der Waals surface area contributed by atoms with Crippen LogP contribution in [0.4, 0.5) is 0 Å². The normalized spacial score (nSPS) is 19.3. The molecule has 88 valence electrons. The van der Waals surface area contributed by atoms with Gasteiger partial charge in [0.15, 0.2) is 0 Å². The lowest BCUT2D eigenvalue weighted by atomic mass is 9.92. The molecule has 0 atom stereocenters. The van der Waals surface area contributed by atoms with Crippen molar-refractivity contribution in [1.82, 2.24) is 15.5 Å². The summed E-state index contributed by atoms with van der Waals surface area (Å²) < 4.78 is 5.27. The standard InChI is InChI=1S/C10H14ClN3O2/c11-7-10(1-3-16-4-2-10)14-9(15)8-5-12-13-6-8/h5-6H,1-4,7H2,(H,12,13)(H,14,15). The minimum absolute atomic E-state index is 0.142. The second-order valence-electron chi connectivity index (χ2n) is 3.97. The SMILES string of the molecule is O=C(NC1(CCl)CCOCC1)c1cn[nH]c1. The lowest BCUT2D eigenvalue weighted by Crippen LogP contribution is -2.53. The summed E-state index contributed by atoms with van der Waals surface area (Å²) in [5.74, 6) is 0.260. The van der Waals surface area contributed by atoms with Crippen molar-refractivity contribution in [2.24, 2.45) is 0 Å². The summed E-state index contributed by atoms with van der Waals surface area (Å²) in [5.41, 5.74) is 0.185. The maximum Gasteiger partial charge on any atom is 0.254 e. The Kier molecular flexibility index (Phi) is 3.46. The first-order valence-electron chi connectivity index (χ1n) is 5.21. The van der Waals surface area contributed by atoms with Gasteiger partial charge in [0.1, 0.15) is 0 Å². The monoisotopic (exact) mass is 243 g/mol. The minimum atomic E-state index is -0.339. The minimum Gasteiger partial charge on any atom is -0.381 e. The fourth-order valence-electron chi connectivity index (χ4n) is 1.74. The highest BCUT2D eigenvalue weighted by molar-refractivity contribution is 6.19. The molecule has 2 rings (SSSR count). The van der Waals surface area contributed by atoms with Crippen molar-refractivity contribution >= 4 is 17.5 Å². The van der Waals surface area contributed by atoms with Gasteiger partial charge in [0.25, 0.3) is 5.91 Å². The van der Waals surface area contributed by atoms with E-state index >= 15 is 0 Å². The smallest absolute Gasteiger partial charge is 0.254 e. The molecule has 1 aliphatic heterocycles. The maximum absolute atomic E-state index is 11.9. The average Bonchev–Trinajstić information content (AvgIpc) is 2.84. The van der Waals surface area contributed by atoms with Crippen LogP contribution in [0.2, 0.25) is 0 Å². The lowest BCUT2D eigenvalue weighted by molar-refractivity contribution is 0.0434. The molecule has 0 unspecified atom stereocenters. The first-order valence-corrected chi connectivity index (χ1v) is 5.74. The van der Waals surface area contributed by atoms with Gasteiger partial charge >= 0.3 is 0 Å². The zero-order chi connectivity index (χ0) is 11.4. The van der Waals surface area contributed by atoms with Gasteiger partial charge in [-0.15, -0.1) is 11.6 Å². The third-order valence-corrected chi connectivity index (χ3v) is 3.36. The van der Waals surface area contributed by atoms with E-state index in [4.69, 9.17) is 16.3 Å². The molecule has 0 radical (unpaired) electrons. The van der Waals surface area contributed by atoms with Crippen LogP contribution in [0.3, 0.4) is 0 Å². The predicted molar refractivity (Wildman–Crippen MR) is 59.6 cm³/mol. The molecule has 2 heterocycles. The van der Waals surface area contributed by atoms with Gasteiger partial charge in [-0.1, -0.05) is 0 Å². The predicted octanol–water partition coefficient (Wildman–Crippen LogP) is 0.927. The second kappa shape index (κ2) is 4.84. The number of ether oxygens (including phenoxy) is 1. The first-order chi connectivity index (χ1) is 7.76. The summed E-state index contributed by atoms with van der Waals surface area (Å²) in [5, 5.41) is 9.32. The molecule has 1 fully saturated rings. The van der Waals surface area contributed by atoms with Crippen LogP contribution in [0.5, 0.6) is 0 Å². The summed E-state index contributed by atoms with van der Waals surface area (Å²) in [6.07, 6.45) is 4.56. The number of nitrogens with one attached hydrogen (secondary N) is 2. The third kappa shape index (κ3) is 2.36. The molecule has 6 heteroatoms. The Bertz CT molecular complexity index is 347. The molecule has 2 N–H and O–H groups in total. The Labute approximate surface area is 98.5 Å². The number of carbonyl (C=O) groups excluding carboxylic acids is 1. The van der Waals surface area contributed by atoms with Gasteiger partial charge in [0, 0.05) is 25.3 Å². The molecule has 1 amide bonds. The number of alkyl halides is 1. The molecule has 1 aliphatic rings. The fraction of sp³-hybridized carbons (Fsp3) is 0.600. The molecule has 0 aromatic carbocycles. The van der Waals surface area contributed by atoms with Crippen LogP contribution in [-0.2, 0) is 4.74 Å². The number of hydrogen-bond donors (Lipinski definition) is 2. The Balaban J connectivity index is 2.03. The number of nitrogens with zero attached hydrogens (tertiary/aromatic N) is 1. The molecule has 0 spiro atoms. The van der Waals surface area contributed by atoms with Crippen LogP contribution in [0.15, 0.2) is 12.4 Å². The molecule has 1 saturated heterocycles. The van der Waals surface area contributed by atoms with Crippen LogP contribution in [0.25, 0.3) is 0 Å². The molecule has 5 nitrogen and oxygen atoms in total. The van der Waals surface area contributed by atoms with Crippen LogP contribution >= 0.6 is 11.6 Å². The van der Waals surface area contributed by atoms with E-state index in [2.05, 4.69) is 15.5 Å². The van der Waals surface area contributed by atoms with Gasteiger partial charge in [-0.25, -0.2) is 0 Å². The molecular weight excluding hydrogens is 230 g/mol. The van der Waals surface area contributed by atoms with Gasteiger partial charge < -0.3 is 10.1 Å². The maximum atomic E-state index is 11.9. The van der Waals surface area contributed by atoms with Gasteiger partial charge in [-0.05, 0) is 12.8 Å². The van der Waals surface area contributed by atoms with Crippen molar-refractivity contribution < 1.29 is 9.53 Å². The van der Waals surface area contributed by atoms with Crippen LogP contribution in [0.1, 0.15) is 23.2 Å². The van der Waals surface area contributed by atoms with Crippen LogP contribution in [0, 0.1) is 0 Å². The number of aromatic amines is 1. The highest BCUT2D eigenvalue weighted by Gasteiger charge is 2.33. The van der Waals surface area contributed by atoms with E-state index in [-0.39, 0.29) is 11.4 Å². The van der Waals surface area contributed by atoms with Gasteiger partial charge in [-0.3, -0.25) is 9.89 Å². The topological polar surface area (TPSA) is 67.0 Å². The first kappa shape index (κ1) is 11.4. The molecule has 0 aliphatic carbocycles. The van der Waals surface area contributed by atoms with E-state index in [9.17, 15) is 4.79 Å². The van der Waals surface area contributed by atoms with Crippen LogP contribution in [-0.4, -0.2) is 40.7 Å². The largest absolute Gasteiger partial charge is 0.381 e. The van der Waals surface area contributed by atoms with Crippen molar-refractivity contribution in [1.29, 1.82) is 0 Å². The van der Waals surface area contributed by atoms with Crippen LogP contribution < -0.4 is 5.32 Å². The zero-order valence-electron chi connectivity index (χ0n) is 8.83. The number of aromatic nitrogens is 2. The number of halogens is 1. The summed E-state index contributed by atoms with van der Waals surface area (Å²) >= 11 is 5.95. The third-order valence-electron chi connectivity index (χ3n) is 2.84. The van der Waals surface area contributed by atoms with Crippen molar-refractivity contribution in [3.05, 3.63) is 18.0 Å². The summed E-state index contributed by atoms with van der Waals surface area (Å²) in [4.78, 5) is 11.9. The van der Waals surface area contributed by atoms with Gasteiger partial charge in [-0.2, -0.15) is 5.10 Å². The Morgan fingerprint density at radius 2 is 2.38 bits per heavy atom. The average molecular weight is 244 g/mol. The number of carbonyl (C=O) groups is 1. The fourth-order valence-corrected chi connectivity index (χ4v) is 2.08. The quantitative estimate of drug-likeness (QED) is 0.776. The van der Waals surface area contributed by atoms with E-state index < -0.39 is 0 Å². The summed E-state index contributed by atoms with van der Waals surface area (Å²) in [6.45, 7) is 1.27. The van der Waals surface area contributed by atoms with Crippen molar-refractivity contribution in [2.75, 3.05) is 19.1 Å². The number of hydrogen-bond acceptors (Lipinski definition) is 3. The zero-order valence-corrected chi connectivity index (χ0v) is 9.59. The molecule has 0 saturated carbocycles. The van der Waals surface area contributed by atoms with E-state index in [0.717, 1.165) is 12.8 Å². The Hall–Kier alpha value is -1.07.